The van der Waals surface area contributed by atoms with Crippen LogP contribution in [0.15, 0.2) is 106 Å². The third-order valence-electron chi connectivity index (χ3n) is 10.1. The molecule has 0 unspecified atom stereocenters. The summed E-state index contributed by atoms with van der Waals surface area (Å²) in [4.78, 5) is 0. The van der Waals surface area contributed by atoms with E-state index in [4.69, 9.17) is 4.74 Å². The lowest BCUT2D eigenvalue weighted by molar-refractivity contribution is 0.0954. The summed E-state index contributed by atoms with van der Waals surface area (Å²) < 4.78 is 5.92. The molecule has 3 aliphatic rings. The Morgan fingerprint density at radius 2 is 1.52 bits per heavy atom. The summed E-state index contributed by atoms with van der Waals surface area (Å²) in [5, 5.41) is 28.6. The maximum atomic E-state index is 9.88. The normalized spacial score (nSPS) is 19.4. The fourth-order valence-electron chi connectivity index (χ4n) is 7.87. The molecule has 48 heavy (non-hydrogen) atoms. The Hall–Kier alpha value is -4.85. The van der Waals surface area contributed by atoms with Crippen molar-refractivity contribution >= 4 is 6.08 Å². The summed E-state index contributed by atoms with van der Waals surface area (Å²) in [6.07, 6.45) is 21.9. The zero-order valence-corrected chi connectivity index (χ0v) is 29.4. The van der Waals surface area contributed by atoms with E-state index in [-0.39, 0.29) is 27.7 Å². The topological polar surface area (TPSA) is 80.6 Å². The number of allylic oxidation sites excluding steroid dienone is 8. The minimum absolute atomic E-state index is 0.0642. The highest BCUT2D eigenvalue weighted by atomic mass is 16.5. The molecule has 0 atom stereocenters. The molecular formula is C44H47N3O. The van der Waals surface area contributed by atoms with Gasteiger partial charge in [-0.3, -0.25) is 0 Å². The lowest BCUT2D eigenvalue weighted by Crippen LogP contribution is -2.25. The highest BCUT2D eigenvalue weighted by Gasteiger charge is 2.42. The van der Waals surface area contributed by atoms with E-state index in [1.165, 1.54) is 77.5 Å². The predicted octanol–water partition coefficient (Wildman–Crippen LogP) is 11.5. The summed E-state index contributed by atoms with van der Waals surface area (Å²) >= 11 is 0. The van der Waals surface area contributed by atoms with Crippen molar-refractivity contribution in [2.45, 2.75) is 104 Å². The van der Waals surface area contributed by atoms with Gasteiger partial charge in [0.25, 0.3) is 0 Å². The number of nitriles is 3. The van der Waals surface area contributed by atoms with Gasteiger partial charge in [0, 0.05) is 11.0 Å². The van der Waals surface area contributed by atoms with Crippen LogP contribution in [0.2, 0.25) is 0 Å². The van der Waals surface area contributed by atoms with Gasteiger partial charge in [0.15, 0.2) is 11.3 Å². The molecule has 2 aromatic rings. The minimum atomic E-state index is -0.828. The number of ether oxygens (including phenoxy) is 1. The zero-order chi connectivity index (χ0) is 34.5. The SMILES string of the molecule is CCCCC1(CCCC)c2ccccc2-c2ccc(/C=C/C3=CC(=C/C=C/C4=C(C#N)C(=C(C#N)C#N)OC4(C)C)/CC(C)(C)C3)cc21. The third-order valence-corrected chi connectivity index (χ3v) is 10.1. The second-order valence-electron chi connectivity index (χ2n) is 14.8. The Bertz CT molecular complexity index is 1880. The van der Waals surface area contributed by atoms with Gasteiger partial charge < -0.3 is 4.74 Å². The van der Waals surface area contributed by atoms with Gasteiger partial charge in [0.05, 0.1) is 0 Å². The predicted molar refractivity (Wildman–Crippen MR) is 195 cm³/mol. The third kappa shape index (κ3) is 6.75. The first-order chi connectivity index (χ1) is 23.0. The van der Waals surface area contributed by atoms with Crippen LogP contribution in [-0.4, -0.2) is 5.60 Å². The highest BCUT2D eigenvalue weighted by Crippen LogP contribution is 2.54. The molecule has 4 nitrogen and oxygen atoms in total. The summed E-state index contributed by atoms with van der Waals surface area (Å²) in [7, 11) is 0. The first-order valence-corrected chi connectivity index (χ1v) is 17.4. The maximum absolute atomic E-state index is 9.88. The lowest BCUT2D eigenvalue weighted by Gasteiger charge is -2.33. The molecule has 1 heterocycles. The molecule has 0 saturated carbocycles. The van der Waals surface area contributed by atoms with Crippen LogP contribution in [0.25, 0.3) is 17.2 Å². The number of hydrogen-bond acceptors (Lipinski definition) is 4. The standard InChI is InChI=1S/C44H47N3O/c1-7-9-22-44(23-10-8-2)39-16-12-11-15-35(39)36-21-20-31(25-40(36)44)18-19-33-24-32(26-42(3,4)27-33)14-13-17-38-37(30-47)41(34(28-45)29-46)48-43(38,5)6/h11-21,24-25H,7-10,22-23,26-27H2,1-6H3/b17-13+,19-18+,32-14-. The molecule has 2 aliphatic carbocycles. The molecule has 1 aliphatic heterocycles. The van der Waals surface area contributed by atoms with Crippen molar-refractivity contribution in [3.8, 4) is 29.3 Å². The summed E-state index contributed by atoms with van der Waals surface area (Å²) in [5.74, 6) is 0.0642. The smallest absolute Gasteiger partial charge is 0.172 e. The molecule has 4 heteroatoms. The summed E-state index contributed by atoms with van der Waals surface area (Å²) in [6, 6.07) is 22.0. The zero-order valence-electron chi connectivity index (χ0n) is 29.4. The molecule has 0 amide bonds. The molecular weight excluding hydrogens is 587 g/mol. The van der Waals surface area contributed by atoms with Crippen molar-refractivity contribution in [1.82, 2.24) is 0 Å². The molecule has 5 rings (SSSR count). The minimum Gasteiger partial charge on any atom is -0.480 e. The van der Waals surface area contributed by atoms with Crippen molar-refractivity contribution in [1.29, 1.82) is 15.8 Å². The van der Waals surface area contributed by atoms with E-state index in [0.717, 1.165) is 12.8 Å². The van der Waals surface area contributed by atoms with Crippen LogP contribution in [0, 0.1) is 39.4 Å². The average molecular weight is 634 g/mol. The molecule has 0 spiro atoms. The van der Waals surface area contributed by atoms with Crippen LogP contribution < -0.4 is 0 Å². The van der Waals surface area contributed by atoms with Crippen molar-refractivity contribution in [3.05, 3.63) is 123 Å². The number of hydrogen-bond donors (Lipinski definition) is 0. The molecule has 0 radical (unpaired) electrons. The molecule has 244 valence electrons. The second-order valence-corrected chi connectivity index (χ2v) is 14.8. The number of nitrogens with zero attached hydrogens (tertiary/aromatic N) is 3. The van der Waals surface area contributed by atoms with E-state index in [2.05, 4.69) is 101 Å². The molecule has 0 saturated heterocycles. The van der Waals surface area contributed by atoms with Crippen LogP contribution >= 0.6 is 0 Å². The van der Waals surface area contributed by atoms with E-state index in [1.807, 2.05) is 38.1 Å². The van der Waals surface area contributed by atoms with Crippen LogP contribution in [0.5, 0.6) is 0 Å². The monoisotopic (exact) mass is 633 g/mol. The Morgan fingerprint density at radius 1 is 0.833 bits per heavy atom. The second kappa shape index (κ2) is 14.1. The van der Waals surface area contributed by atoms with Crippen LogP contribution in [0.3, 0.4) is 0 Å². The number of benzene rings is 2. The Balaban J connectivity index is 1.46. The van der Waals surface area contributed by atoms with E-state index in [9.17, 15) is 15.8 Å². The van der Waals surface area contributed by atoms with Gasteiger partial charge in [0.1, 0.15) is 29.4 Å². The van der Waals surface area contributed by atoms with E-state index >= 15 is 0 Å². The fraction of sp³-hybridized carbons (Fsp3) is 0.386. The van der Waals surface area contributed by atoms with Crippen molar-refractivity contribution < 1.29 is 4.74 Å². The molecule has 0 fully saturated rings. The van der Waals surface area contributed by atoms with Crippen LogP contribution in [-0.2, 0) is 10.2 Å². The quantitative estimate of drug-likeness (QED) is 0.244. The Labute approximate surface area is 287 Å². The van der Waals surface area contributed by atoms with E-state index in [1.54, 1.807) is 0 Å². The van der Waals surface area contributed by atoms with Gasteiger partial charge in [-0.2, -0.15) is 15.8 Å². The summed E-state index contributed by atoms with van der Waals surface area (Å²) in [6.45, 7) is 12.9. The Kier molecular flexibility index (Phi) is 10.1. The van der Waals surface area contributed by atoms with Gasteiger partial charge in [-0.1, -0.05) is 132 Å². The largest absolute Gasteiger partial charge is 0.480 e. The average Bonchev–Trinajstić information content (AvgIpc) is 3.48. The highest BCUT2D eigenvalue weighted by molar-refractivity contribution is 5.82. The van der Waals surface area contributed by atoms with Crippen LogP contribution in [0.1, 0.15) is 110 Å². The first kappa shape index (κ1) is 34.5. The van der Waals surface area contributed by atoms with Gasteiger partial charge in [-0.05, 0) is 83.9 Å². The van der Waals surface area contributed by atoms with Gasteiger partial charge >= 0.3 is 0 Å². The van der Waals surface area contributed by atoms with Crippen molar-refractivity contribution in [2.24, 2.45) is 5.41 Å². The first-order valence-electron chi connectivity index (χ1n) is 17.4. The molecule has 2 aromatic carbocycles. The van der Waals surface area contributed by atoms with Gasteiger partial charge in [0.2, 0.25) is 0 Å². The molecule has 0 N–H and O–H groups in total. The lowest BCUT2D eigenvalue weighted by atomic mass is 9.70. The van der Waals surface area contributed by atoms with Crippen LogP contribution in [0.4, 0.5) is 0 Å². The van der Waals surface area contributed by atoms with Gasteiger partial charge in [-0.25, -0.2) is 0 Å². The Morgan fingerprint density at radius 3 is 2.19 bits per heavy atom. The molecule has 0 bridgehead atoms. The van der Waals surface area contributed by atoms with E-state index < -0.39 is 5.60 Å². The number of fused-ring (bicyclic) bond motifs is 3. The summed E-state index contributed by atoms with van der Waals surface area (Å²) in [5.41, 5.74) is 9.62. The number of unbranched alkanes of at least 4 members (excludes halogenated alkanes) is 2. The fourth-order valence-corrected chi connectivity index (χ4v) is 7.87. The number of rotatable bonds is 10. The van der Waals surface area contributed by atoms with Gasteiger partial charge in [-0.15, -0.1) is 0 Å². The maximum Gasteiger partial charge on any atom is 0.172 e. The van der Waals surface area contributed by atoms with E-state index in [0.29, 0.717) is 5.57 Å². The van der Waals surface area contributed by atoms with Crippen molar-refractivity contribution in [2.75, 3.05) is 0 Å². The van der Waals surface area contributed by atoms with Crippen molar-refractivity contribution in [3.63, 3.8) is 0 Å². The molecule has 0 aromatic heterocycles.